The quantitative estimate of drug-likeness (QED) is 0.425. The summed E-state index contributed by atoms with van der Waals surface area (Å²) < 4.78 is 10.9. The number of carbonyl (C=O) groups is 2. The van der Waals surface area contributed by atoms with Gasteiger partial charge in [-0.3, -0.25) is 10.2 Å². The average molecular weight is 443 g/mol. The van der Waals surface area contributed by atoms with Crippen molar-refractivity contribution < 1.29 is 18.7 Å². The van der Waals surface area contributed by atoms with E-state index in [1.165, 1.54) is 12.0 Å². The van der Waals surface area contributed by atoms with Crippen LogP contribution >= 0.6 is 12.2 Å². The van der Waals surface area contributed by atoms with Crippen LogP contribution in [0.3, 0.4) is 0 Å². The summed E-state index contributed by atoms with van der Waals surface area (Å²) in [7, 11) is 2.90. The Bertz CT molecular complexity index is 1090. The highest BCUT2D eigenvalue weighted by atomic mass is 32.1. The zero-order chi connectivity index (χ0) is 22.9. The third kappa shape index (κ3) is 4.46. The fraction of sp³-hybridized carbons (Fsp3) is 0.364. The van der Waals surface area contributed by atoms with Crippen molar-refractivity contribution in [2.75, 3.05) is 19.1 Å². The Morgan fingerprint density at radius 3 is 2.61 bits per heavy atom. The molecule has 3 N–H and O–H groups in total. The number of nitrogens with one attached hydrogen (secondary N) is 1. The Balaban J connectivity index is 2.04. The molecule has 0 spiro atoms. The molecule has 0 atom stereocenters. The van der Waals surface area contributed by atoms with Gasteiger partial charge in [0.05, 0.1) is 24.1 Å². The summed E-state index contributed by atoms with van der Waals surface area (Å²) >= 11 is 4.87. The maximum atomic E-state index is 13.4. The number of nitrogens with zero attached hydrogens (tertiary/aromatic N) is 2. The Morgan fingerprint density at radius 1 is 1.29 bits per heavy atom. The molecule has 0 bridgehead atoms. The van der Waals surface area contributed by atoms with E-state index in [1.54, 1.807) is 31.3 Å². The van der Waals surface area contributed by atoms with Gasteiger partial charge in [0.2, 0.25) is 0 Å². The monoisotopic (exact) mass is 442 g/mol. The fourth-order valence-corrected chi connectivity index (χ4v) is 3.89. The third-order valence-corrected chi connectivity index (χ3v) is 5.36. The first-order valence-electron chi connectivity index (χ1n) is 9.75. The number of hydrogen-bond acceptors (Lipinski definition) is 6. The number of para-hydroxylation sites is 1. The highest BCUT2D eigenvalue weighted by Crippen LogP contribution is 2.39. The summed E-state index contributed by atoms with van der Waals surface area (Å²) in [6.45, 7) is 6.03. The molecule has 0 saturated heterocycles. The number of benzene rings is 1. The minimum atomic E-state index is -0.522. The maximum Gasteiger partial charge on any atom is 0.339 e. The predicted octanol–water partition coefficient (Wildman–Crippen LogP) is 3.16. The van der Waals surface area contributed by atoms with E-state index in [0.29, 0.717) is 35.4 Å². The van der Waals surface area contributed by atoms with Crippen LogP contribution in [0.5, 0.6) is 0 Å². The molecule has 1 aromatic heterocycles. The van der Waals surface area contributed by atoms with E-state index in [0.717, 1.165) is 11.3 Å². The summed E-state index contributed by atoms with van der Waals surface area (Å²) in [5.74, 6) is -0.00319. The number of carbonyl (C=O) groups excluding carboxylic acids is 2. The number of hydrogen-bond donors (Lipinski definition) is 2. The summed E-state index contributed by atoms with van der Waals surface area (Å²) in [5, 5.41) is 4.42. The minimum absolute atomic E-state index is 0.0639. The molecule has 9 heteroatoms. The molecule has 1 aliphatic rings. The van der Waals surface area contributed by atoms with E-state index in [1.807, 2.05) is 6.92 Å². The zero-order valence-electron chi connectivity index (χ0n) is 18.2. The van der Waals surface area contributed by atoms with Crippen LogP contribution in [0.4, 0.5) is 5.69 Å². The van der Waals surface area contributed by atoms with Gasteiger partial charge in [-0.05, 0) is 43.1 Å². The van der Waals surface area contributed by atoms with Gasteiger partial charge in [-0.1, -0.05) is 26.0 Å². The molecule has 1 amide bonds. The van der Waals surface area contributed by atoms with Crippen LogP contribution < -0.4 is 16.1 Å². The van der Waals surface area contributed by atoms with Gasteiger partial charge in [0.25, 0.3) is 5.91 Å². The van der Waals surface area contributed by atoms with Crippen molar-refractivity contribution in [3.63, 3.8) is 0 Å². The number of nitrogens with two attached hydrogens (primary N) is 1. The predicted molar refractivity (Wildman–Crippen MR) is 123 cm³/mol. The number of furan rings is 1. The van der Waals surface area contributed by atoms with Crippen LogP contribution in [0.1, 0.15) is 58.1 Å². The van der Waals surface area contributed by atoms with Gasteiger partial charge in [-0.25, -0.2) is 4.79 Å². The van der Waals surface area contributed by atoms with Crippen molar-refractivity contribution in [2.45, 2.75) is 33.6 Å². The highest BCUT2D eigenvalue weighted by Gasteiger charge is 2.37. The van der Waals surface area contributed by atoms with Gasteiger partial charge < -0.3 is 19.8 Å². The second-order valence-corrected chi connectivity index (χ2v) is 8.72. The summed E-state index contributed by atoms with van der Waals surface area (Å²) in [5.41, 5.74) is 11.0. The fourth-order valence-electron chi connectivity index (χ4n) is 3.85. The van der Waals surface area contributed by atoms with Crippen molar-refractivity contribution in [1.82, 2.24) is 5.43 Å². The Morgan fingerprint density at radius 2 is 1.97 bits per heavy atom. The van der Waals surface area contributed by atoms with Gasteiger partial charge in [-0.2, -0.15) is 5.10 Å². The number of ether oxygens (including phenoxy) is 1. The summed E-state index contributed by atoms with van der Waals surface area (Å²) in [6.07, 6.45) is 1.33. The molecule has 3 rings (SSSR count). The molecular formula is C22H26N4O4S. The number of esters is 1. The number of thiocarbonyl (C=S) groups is 1. The van der Waals surface area contributed by atoms with E-state index in [9.17, 15) is 9.59 Å². The molecule has 0 fully saturated rings. The number of amides is 1. The summed E-state index contributed by atoms with van der Waals surface area (Å²) in [4.78, 5) is 26.9. The molecule has 1 aromatic carbocycles. The normalized spacial score (nSPS) is 15.8. The van der Waals surface area contributed by atoms with Crippen LogP contribution in [0.2, 0.25) is 0 Å². The average Bonchev–Trinajstić information content (AvgIpc) is 3.05. The number of anilines is 1. The second-order valence-electron chi connectivity index (χ2n) is 8.28. The zero-order valence-corrected chi connectivity index (χ0v) is 19.1. The standard InChI is InChI=1S/C22H26N4O4S/c1-12-17-14(24-25-21(23)31)10-22(2,3)11-16(17)30-18(12)19(27)26(4)15-9-7-6-8-13(15)20(28)29-5/h6-9H,10-11H2,1-5H3,(H3,23,25,31)/b24-14-. The van der Waals surface area contributed by atoms with Gasteiger partial charge in [0.1, 0.15) is 5.76 Å². The van der Waals surface area contributed by atoms with Crippen LogP contribution in [-0.4, -0.2) is 36.9 Å². The van der Waals surface area contributed by atoms with Crippen molar-refractivity contribution in [3.05, 3.63) is 52.5 Å². The SMILES string of the molecule is COC(=O)c1ccccc1N(C)C(=O)c1oc2c(c1C)/C(=N\NC(N)=S)CC(C)(C)C2. The van der Waals surface area contributed by atoms with Gasteiger partial charge in [0.15, 0.2) is 10.9 Å². The molecule has 31 heavy (non-hydrogen) atoms. The minimum Gasteiger partial charge on any atom is -0.465 e. The molecule has 0 unspecified atom stereocenters. The van der Waals surface area contributed by atoms with Crippen molar-refractivity contribution in [1.29, 1.82) is 0 Å². The lowest BCUT2D eigenvalue weighted by molar-refractivity contribution is 0.0601. The van der Waals surface area contributed by atoms with E-state index >= 15 is 0 Å². The molecular weight excluding hydrogens is 416 g/mol. The molecule has 164 valence electrons. The van der Waals surface area contributed by atoms with Gasteiger partial charge in [0, 0.05) is 24.6 Å². The topological polar surface area (TPSA) is 110 Å². The molecule has 1 aliphatic carbocycles. The number of rotatable bonds is 4. The third-order valence-electron chi connectivity index (χ3n) is 5.26. The van der Waals surface area contributed by atoms with Crippen molar-refractivity contribution >= 4 is 40.6 Å². The molecule has 0 aliphatic heterocycles. The first-order valence-corrected chi connectivity index (χ1v) is 10.2. The van der Waals surface area contributed by atoms with Crippen LogP contribution in [0.15, 0.2) is 33.8 Å². The maximum absolute atomic E-state index is 13.4. The van der Waals surface area contributed by atoms with Crippen LogP contribution in [-0.2, 0) is 11.2 Å². The first kappa shape index (κ1) is 22.5. The molecule has 8 nitrogen and oxygen atoms in total. The van der Waals surface area contributed by atoms with Crippen molar-refractivity contribution in [2.24, 2.45) is 16.3 Å². The Hall–Kier alpha value is -3.20. The number of methoxy groups -OCH3 is 1. The number of fused-ring (bicyclic) bond motifs is 1. The van der Waals surface area contributed by atoms with E-state index in [2.05, 4.69) is 24.4 Å². The molecule has 0 radical (unpaired) electrons. The van der Waals surface area contributed by atoms with Crippen LogP contribution in [0, 0.1) is 12.3 Å². The smallest absolute Gasteiger partial charge is 0.339 e. The Labute approximate surface area is 186 Å². The molecule has 1 heterocycles. The van der Waals surface area contributed by atoms with Crippen LogP contribution in [0.25, 0.3) is 0 Å². The van der Waals surface area contributed by atoms with Crippen molar-refractivity contribution in [3.8, 4) is 0 Å². The van der Waals surface area contributed by atoms with Gasteiger partial charge in [-0.15, -0.1) is 0 Å². The highest BCUT2D eigenvalue weighted by molar-refractivity contribution is 7.80. The largest absolute Gasteiger partial charge is 0.465 e. The van der Waals surface area contributed by atoms with E-state index in [-0.39, 0.29) is 22.2 Å². The van der Waals surface area contributed by atoms with E-state index in [4.69, 9.17) is 27.1 Å². The first-order chi connectivity index (χ1) is 14.6. The number of hydrazone groups is 1. The van der Waals surface area contributed by atoms with E-state index < -0.39 is 5.97 Å². The Kier molecular flexibility index (Phi) is 6.17. The lowest BCUT2D eigenvalue weighted by atomic mass is 9.75. The van der Waals surface area contributed by atoms with Gasteiger partial charge >= 0.3 is 5.97 Å². The molecule has 2 aromatic rings. The summed E-state index contributed by atoms with van der Waals surface area (Å²) in [6, 6.07) is 6.76. The lowest BCUT2D eigenvalue weighted by Crippen LogP contribution is -2.31. The molecule has 0 saturated carbocycles. The lowest BCUT2D eigenvalue weighted by Gasteiger charge is -2.29. The second kappa shape index (κ2) is 8.50.